The molecule has 1 fully saturated rings. The average molecular weight is 423 g/mol. The minimum atomic E-state index is -0.128. The van der Waals surface area contributed by atoms with Crippen LogP contribution in [0.4, 0.5) is 5.69 Å². The molecule has 1 aliphatic rings. The number of carbonyl (C=O) groups excluding carboxylic acids is 1. The predicted octanol–water partition coefficient (Wildman–Crippen LogP) is 4.81. The molecule has 1 saturated carbocycles. The maximum Gasteiger partial charge on any atom is 0.234 e. The number of hydrogen-bond donors (Lipinski definition) is 1. The smallest absolute Gasteiger partial charge is 0.234 e. The molecule has 0 unspecified atom stereocenters. The fourth-order valence-electron chi connectivity index (χ4n) is 3.68. The van der Waals surface area contributed by atoms with Crippen molar-refractivity contribution < 1.29 is 13.9 Å². The van der Waals surface area contributed by atoms with Gasteiger partial charge in [-0.2, -0.15) is 0 Å². The number of nitrogens with one attached hydrogen (secondary N) is 1. The van der Waals surface area contributed by atoms with Gasteiger partial charge in [-0.15, -0.1) is 10.2 Å². The molecule has 0 atom stereocenters. The van der Waals surface area contributed by atoms with E-state index < -0.39 is 0 Å². The Morgan fingerprint density at radius 3 is 2.83 bits per heavy atom. The summed E-state index contributed by atoms with van der Waals surface area (Å²) in [5.74, 6) is 1.70. The van der Waals surface area contributed by atoms with Crippen LogP contribution in [0, 0.1) is 0 Å². The number of benzene rings is 2. The summed E-state index contributed by atoms with van der Waals surface area (Å²) in [5, 5.41) is 14.3. The van der Waals surface area contributed by atoms with Crippen LogP contribution in [0.25, 0.3) is 21.9 Å². The van der Waals surface area contributed by atoms with Gasteiger partial charge >= 0.3 is 0 Å². The number of nitrogens with zero attached hydrogens (tertiary/aromatic N) is 3. The standard InChI is InChI=1S/C22H22N4O3S/c1-3-20-24-25-22(26(20)13-8-9-13)30-12-21(27)23-16-11-18-15(10-19(16)28-2)14-6-4-5-7-17(14)29-18/h4-7,10-11,13H,3,8-9,12H2,1-2H3,(H,23,27). The lowest BCUT2D eigenvalue weighted by Crippen LogP contribution is -2.15. The third-order valence-corrected chi connectivity index (χ3v) is 6.21. The van der Waals surface area contributed by atoms with E-state index in [9.17, 15) is 4.79 Å². The Labute approximate surface area is 177 Å². The Hall–Kier alpha value is -3.00. The summed E-state index contributed by atoms with van der Waals surface area (Å²) in [6.45, 7) is 2.07. The van der Waals surface area contributed by atoms with Gasteiger partial charge in [-0.05, 0) is 25.0 Å². The Morgan fingerprint density at radius 1 is 1.23 bits per heavy atom. The van der Waals surface area contributed by atoms with Crippen molar-refractivity contribution in [3.8, 4) is 5.75 Å². The first-order valence-electron chi connectivity index (χ1n) is 10.0. The summed E-state index contributed by atoms with van der Waals surface area (Å²) in [7, 11) is 1.60. The first-order chi connectivity index (χ1) is 14.7. The number of aryl methyl sites for hydroxylation is 1. The van der Waals surface area contributed by atoms with Gasteiger partial charge in [0, 0.05) is 29.3 Å². The van der Waals surface area contributed by atoms with Gasteiger partial charge in [-0.1, -0.05) is 36.9 Å². The van der Waals surface area contributed by atoms with Gasteiger partial charge in [0.05, 0.1) is 18.6 Å². The van der Waals surface area contributed by atoms with Gasteiger partial charge in [0.2, 0.25) is 5.91 Å². The van der Waals surface area contributed by atoms with Crippen molar-refractivity contribution in [2.24, 2.45) is 0 Å². The molecule has 0 radical (unpaired) electrons. The Balaban J connectivity index is 1.35. The lowest BCUT2D eigenvalue weighted by molar-refractivity contribution is -0.113. The summed E-state index contributed by atoms with van der Waals surface area (Å²) >= 11 is 1.41. The number of fused-ring (bicyclic) bond motifs is 3. The van der Waals surface area contributed by atoms with Gasteiger partial charge in [0.25, 0.3) is 0 Å². The van der Waals surface area contributed by atoms with Crippen LogP contribution >= 0.6 is 11.8 Å². The van der Waals surface area contributed by atoms with Gasteiger partial charge in [-0.25, -0.2) is 0 Å². The second kappa shape index (κ2) is 7.68. The van der Waals surface area contributed by atoms with Gasteiger partial charge in [-0.3, -0.25) is 4.79 Å². The third-order valence-electron chi connectivity index (χ3n) is 5.27. The Morgan fingerprint density at radius 2 is 2.07 bits per heavy atom. The molecule has 1 aliphatic carbocycles. The van der Waals surface area contributed by atoms with Crippen LogP contribution < -0.4 is 10.1 Å². The molecule has 8 heteroatoms. The minimum absolute atomic E-state index is 0.128. The van der Waals surface area contributed by atoms with Crippen LogP contribution in [0.2, 0.25) is 0 Å². The van der Waals surface area contributed by atoms with Crippen LogP contribution in [-0.2, 0) is 11.2 Å². The van der Waals surface area contributed by atoms with Crippen molar-refractivity contribution in [3.63, 3.8) is 0 Å². The van der Waals surface area contributed by atoms with Crippen LogP contribution in [0.3, 0.4) is 0 Å². The molecular formula is C22H22N4O3S. The Bertz CT molecular complexity index is 1240. The van der Waals surface area contributed by atoms with Crippen LogP contribution in [0.1, 0.15) is 31.6 Å². The predicted molar refractivity (Wildman–Crippen MR) is 117 cm³/mol. The molecule has 0 aliphatic heterocycles. The zero-order chi connectivity index (χ0) is 20.7. The highest BCUT2D eigenvalue weighted by Gasteiger charge is 2.29. The normalized spacial score (nSPS) is 13.8. The van der Waals surface area contributed by atoms with Gasteiger partial charge < -0.3 is 19.0 Å². The number of amides is 1. The molecule has 2 aromatic heterocycles. The van der Waals surface area contributed by atoms with Crippen LogP contribution in [0.15, 0.2) is 46.0 Å². The third kappa shape index (κ3) is 3.41. The van der Waals surface area contributed by atoms with Crippen molar-refractivity contribution in [3.05, 3.63) is 42.2 Å². The number of furan rings is 1. The molecular weight excluding hydrogens is 400 g/mol. The van der Waals surface area contributed by atoms with E-state index in [2.05, 4.69) is 27.0 Å². The van der Waals surface area contributed by atoms with E-state index in [-0.39, 0.29) is 11.7 Å². The van der Waals surface area contributed by atoms with Crippen molar-refractivity contribution in [1.82, 2.24) is 14.8 Å². The molecule has 30 heavy (non-hydrogen) atoms. The van der Waals surface area contributed by atoms with Crippen molar-refractivity contribution in [1.29, 1.82) is 0 Å². The average Bonchev–Trinajstić information content (AvgIpc) is 3.41. The van der Waals surface area contributed by atoms with Gasteiger partial charge in [0.15, 0.2) is 5.16 Å². The zero-order valence-corrected chi connectivity index (χ0v) is 17.7. The van der Waals surface area contributed by atoms with Gasteiger partial charge in [0.1, 0.15) is 22.7 Å². The second-order valence-electron chi connectivity index (χ2n) is 7.34. The molecule has 4 aromatic rings. The minimum Gasteiger partial charge on any atom is -0.495 e. The van der Waals surface area contributed by atoms with E-state index in [1.165, 1.54) is 11.8 Å². The lowest BCUT2D eigenvalue weighted by Gasteiger charge is -2.11. The molecule has 5 rings (SSSR count). The number of para-hydroxylation sites is 1. The SMILES string of the molecule is CCc1nnc(SCC(=O)Nc2cc3oc4ccccc4c3cc2OC)n1C1CC1. The monoisotopic (exact) mass is 422 g/mol. The largest absolute Gasteiger partial charge is 0.495 e. The van der Waals surface area contributed by atoms with E-state index >= 15 is 0 Å². The van der Waals surface area contributed by atoms with Crippen molar-refractivity contribution in [2.75, 3.05) is 18.2 Å². The highest BCUT2D eigenvalue weighted by atomic mass is 32.2. The molecule has 0 bridgehead atoms. The zero-order valence-electron chi connectivity index (χ0n) is 16.8. The fourth-order valence-corrected chi connectivity index (χ4v) is 4.51. The van der Waals surface area contributed by atoms with Crippen LogP contribution in [0.5, 0.6) is 5.75 Å². The first kappa shape index (κ1) is 19.0. The van der Waals surface area contributed by atoms with E-state index in [4.69, 9.17) is 9.15 Å². The number of thioether (sulfide) groups is 1. The topological polar surface area (TPSA) is 82.2 Å². The summed E-state index contributed by atoms with van der Waals surface area (Å²) < 4.78 is 13.6. The summed E-state index contributed by atoms with van der Waals surface area (Å²) in [4.78, 5) is 12.7. The number of ether oxygens (including phenoxy) is 1. The lowest BCUT2D eigenvalue weighted by atomic mass is 10.1. The van der Waals surface area contributed by atoms with E-state index in [1.807, 2.05) is 36.4 Å². The number of aromatic nitrogens is 3. The van der Waals surface area contributed by atoms with Crippen molar-refractivity contribution >= 4 is 45.3 Å². The second-order valence-corrected chi connectivity index (χ2v) is 8.28. The number of anilines is 1. The van der Waals surface area contributed by atoms with E-state index in [0.29, 0.717) is 23.1 Å². The molecule has 1 N–H and O–H groups in total. The maximum atomic E-state index is 12.7. The molecule has 0 spiro atoms. The summed E-state index contributed by atoms with van der Waals surface area (Å²) in [6.07, 6.45) is 3.14. The highest BCUT2D eigenvalue weighted by molar-refractivity contribution is 7.99. The van der Waals surface area contributed by atoms with Crippen LogP contribution in [-0.4, -0.2) is 33.5 Å². The molecule has 0 saturated heterocycles. The highest BCUT2D eigenvalue weighted by Crippen LogP contribution is 2.39. The molecule has 2 heterocycles. The summed E-state index contributed by atoms with van der Waals surface area (Å²) in [5.41, 5.74) is 2.10. The Kier molecular flexibility index (Phi) is 4.86. The maximum absolute atomic E-state index is 12.7. The molecule has 2 aromatic carbocycles. The number of hydrogen-bond acceptors (Lipinski definition) is 6. The van der Waals surface area contributed by atoms with E-state index in [1.54, 1.807) is 7.11 Å². The molecule has 154 valence electrons. The molecule has 1 amide bonds. The number of rotatable bonds is 7. The van der Waals surface area contributed by atoms with Crippen molar-refractivity contribution in [2.45, 2.75) is 37.4 Å². The number of carbonyl (C=O) groups is 1. The molecule has 7 nitrogen and oxygen atoms in total. The fraction of sp³-hybridized carbons (Fsp3) is 0.318. The quantitative estimate of drug-likeness (QED) is 0.430. The van der Waals surface area contributed by atoms with E-state index in [0.717, 1.165) is 46.6 Å². The summed E-state index contributed by atoms with van der Waals surface area (Å²) in [6, 6.07) is 12.1. The first-order valence-corrected chi connectivity index (χ1v) is 11.0. The number of methoxy groups -OCH3 is 1.